The maximum Gasteiger partial charge on any atom is 0.126 e. The molecule has 0 radical (unpaired) electrons. The predicted molar refractivity (Wildman–Crippen MR) is 76.4 cm³/mol. The lowest BCUT2D eigenvalue weighted by atomic mass is 10.0. The first-order valence-corrected chi connectivity index (χ1v) is 6.31. The standard InChI is InChI=1S/C15H23FN2/c1-6-7-18(10(2)3)15-8-11(4)14(16)9-13(15)12(5)17/h6,8-10,12H,1,7,17H2,2-5H3/t12-/m0/s1. The molecule has 3 heteroatoms. The summed E-state index contributed by atoms with van der Waals surface area (Å²) in [7, 11) is 0. The third kappa shape index (κ3) is 3.10. The van der Waals surface area contributed by atoms with E-state index in [4.69, 9.17) is 5.73 Å². The van der Waals surface area contributed by atoms with Gasteiger partial charge in [-0.1, -0.05) is 6.08 Å². The van der Waals surface area contributed by atoms with Crippen LogP contribution in [0, 0.1) is 12.7 Å². The van der Waals surface area contributed by atoms with E-state index in [0.29, 0.717) is 11.6 Å². The van der Waals surface area contributed by atoms with Crippen LogP contribution < -0.4 is 10.6 Å². The Bertz CT molecular complexity index is 425. The summed E-state index contributed by atoms with van der Waals surface area (Å²) >= 11 is 0. The van der Waals surface area contributed by atoms with Crippen LogP contribution in [0.4, 0.5) is 10.1 Å². The van der Waals surface area contributed by atoms with Gasteiger partial charge in [-0.15, -0.1) is 6.58 Å². The lowest BCUT2D eigenvalue weighted by molar-refractivity contribution is 0.610. The van der Waals surface area contributed by atoms with Crippen molar-refractivity contribution in [1.29, 1.82) is 0 Å². The molecule has 0 unspecified atom stereocenters. The van der Waals surface area contributed by atoms with Gasteiger partial charge in [0.25, 0.3) is 0 Å². The number of rotatable bonds is 5. The minimum atomic E-state index is -0.201. The Hall–Kier alpha value is -1.35. The Morgan fingerprint density at radius 3 is 2.44 bits per heavy atom. The molecule has 0 aliphatic heterocycles. The van der Waals surface area contributed by atoms with Crippen molar-refractivity contribution < 1.29 is 4.39 Å². The topological polar surface area (TPSA) is 29.3 Å². The largest absolute Gasteiger partial charge is 0.365 e. The van der Waals surface area contributed by atoms with E-state index < -0.39 is 0 Å². The van der Waals surface area contributed by atoms with Crippen LogP contribution in [-0.4, -0.2) is 12.6 Å². The molecule has 18 heavy (non-hydrogen) atoms. The molecule has 1 atom stereocenters. The Balaban J connectivity index is 3.35. The number of nitrogens with two attached hydrogens (primary N) is 1. The predicted octanol–water partition coefficient (Wildman–Crippen LogP) is 3.55. The molecule has 0 aromatic heterocycles. The van der Waals surface area contributed by atoms with Gasteiger partial charge in [0, 0.05) is 24.3 Å². The normalized spacial score (nSPS) is 12.6. The average Bonchev–Trinajstić information content (AvgIpc) is 2.28. The highest BCUT2D eigenvalue weighted by molar-refractivity contribution is 5.58. The summed E-state index contributed by atoms with van der Waals surface area (Å²) in [5.74, 6) is -0.201. The van der Waals surface area contributed by atoms with Crippen molar-refractivity contribution in [2.24, 2.45) is 5.73 Å². The van der Waals surface area contributed by atoms with Gasteiger partial charge in [0.1, 0.15) is 5.82 Å². The third-order valence-electron chi connectivity index (χ3n) is 3.06. The summed E-state index contributed by atoms with van der Waals surface area (Å²) in [6, 6.07) is 3.54. The van der Waals surface area contributed by atoms with Gasteiger partial charge in [-0.3, -0.25) is 0 Å². The molecule has 1 aromatic rings. The fraction of sp³-hybridized carbons (Fsp3) is 0.467. The van der Waals surface area contributed by atoms with Crippen molar-refractivity contribution in [3.05, 3.63) is 41.7 Å². The van der Waals surface area contributed by atoms with Crippen LogP contribution in [0.3, 0.4) is 0 Å². The zero-order valence-corrected chi connectivity index (χ0v) is 11.7. The van der Waals surface area contributed by atoms with Crippen molar-refractivity contribution >= 4 is 5.69 Å². The van der Waals surface area contributed by atoms with Gasteiger partial charge in [0.05, 0.1) is 0 Å². The molecule has 2 nitrogen and oxygen atoms in total. The fourth-order valence-electron chi connectivity index (χ4n) is 2.02. The second kappa shape index (κ2) is 6.01. The number of nitrogens with zero attached hydrogens (tertiary/aromatic N) is 1. The summed E-state index contributed by atoms with van der Waals surface area (Å²) in [5, 5.41) is 0. The molecule has 0 bridgehead atoms. The van der Waals surface area contributed by atoms with Gasteiger partial charge >= 0.3 is 0 Å². The fourth-order valence-corrected chi connectivity index (χ4v) is 2.02. The highest BCUT2D eigenvalue weighted by Crippen LogP contribution is 2.29. The van der Waals surface area contributed by atoms with E-state index in [1.807, 2.05) is 19.1 Å². The second-order valence-corrected chi connectivity index (χ2v) is 4.98. The van der Waals surface area contributed by atoms with Gasteiger partial charge < -0.3 is 10.6 Å². The lowest BCUT2D eigenvalue weighted by Gasteiger charge is -2.31. The van der Waals surface area contributed by atoms with Crippen LogP contribution in [0.2, 0.25) is 0 Å². The molecular formula is C15H23FN2. The van der Waals surface area contributed by atoms with Crippen LogP contribution in [0.5, 0.6) is 0 Å². The molecule has 0 saturated heterocycles. The van der Waals surface area contributed by atoms with E-state index in [1.54, 1.807) is 13.0 Å². The minimum absolute atomic E-state index is 0.193. The number of benzene rings is 1. The van der Waals surface area contributed by atoms with E-state index >= 15 is 0 Å². The van der Waals surface area contributed by atoms with Crippen molar-refractivity contribution in [3.63, 3.8) is 0 Å². The third-order valence-corrected chi connectivity index (χ3v) is 3.06. The maximum absolute atomic E-state index is 13.7. The van der Waals surface area contributed by atoms with Gasteiger partial charge in [-0.05, 0) is 51.0 Å². The minimum Gasteiger partial charge on any atom is -0.365 e. The number of hydrogen-bond acceptors (Lipinski definition) is 2. The highest BCUT2D eigenvalue weighted by Gasteiger charge is 2.17. The van der Waals surface area contributed by atoms with Gasteiger partial charge in [-0.2, -0.15) is 0 Å². The van der Waals surface area contributed by atoms with Crippen LogP contribution in [0.15, 0.2) is 24.8 Å². The average molecular weight is 250 g/mol. The van der Waals surface area contributed by atoms with Crippen molar-refractivity contribution in [1.82, 2.24) is 0 Å². The quantitative estimate of drug-likeness (QED) is 0.810. The van der Waals surface area contributed by atoms with E-state index in [9.17, 15) is 4.39 Å². The van der Waals surface area contributed by atoms with Crippen molar-refractivity contribution in [2.45, 2.75) is 39.8 Å². The van der Waals surface area contributed by atoms with Crippen LogP contribution >= 0.6 is 0 Å². The monoisotopic (exact) mass is 250 g/mol. The van der Waals surface area contributed by atoms with E-state index in [-0.39, 0.29) is 11.9 Å². The van der Waals surface area contributed by atoms with Crippen molar-refractivity contribution in [3.8, 4) is 0 Å². The SMILES string of the molecule is C=CCN(c1cc(C)c(F)cc1[C@H](C)N)C(C)C. The highest BCUT2D eigenvalue weighted by atomic mass is 19.1. The Morgan fingerprint density at radius 1 is 1.39 bits per heavy atom. The van der Waals surface area contributed by atoms with Gasteiger partial charge in [-0.25, -0.2) is 4.39 Å². The molecule has 2 N–H and O–H groups in total. The Kier molecular flexibility index (Phi) is 4.91. The van der Waals surface area contributed by atoms with Gasteiger partial charge in [0.15, 0.2) is 0 Å². The Morgan fingerprint density at radius 2 is 2.00 bits per heavy atom. The molecular weight excluding hydrogens is 227 g/mol. The Labute approximate surface area is 109 Å². The zero-order chi connectivity index (χ0) is 13.9. The van der Waals surface area contributed by atoms with Crippen LogP contribution in [-0.2, 0) is 0 Å². The lowest BCUT2D eigenvalue weighted by Crippen LogP contribution is -2.32. The number of aryl methyl sites for hydroxylation is 1. The molecule has 0 aliphatic rings. The smallest absolute Gasteiger partial charge is 0.126 e. The summed E-state index contributed by atoms with van der Waals surface area (Å²) < 4.78 is 13.7. The molecule has 1 rings (SSSR count). The van der Waals surface area contributed by atoms with E-state index in [0.717, 1.165) is 17.8 Å². The second-order valence-electron chi connectivity index (χ2n) is 4.98. The molecule has 0 aliphatic carbocycles. The van der Waals surface area contributed by atoms with Gasteiger partial charge in [0.2, 0.25) is 0 Å². The first-order valence-electron chi connectivity index (χ1n) is 6.31. The number of hydrogen-bond donors (Lipinski definition) is 1. The maximum atomic E-state index is 13.7. The molecule has 1 aromatic carbocycles. The van der Waals surface area contributed by atoms with E-state index in [1.165, 1.54) is 0 Å². The summed E-state index contributed by atoms with van der Waals surface area (Å²) in [6.07, 6.45) is 1.85. The molecule has 0 saturated carbocycles. The van der Waals surface area contributed by atoms with Crippen LogP contribution in [0.25, 0.3) is 0 Å². The molecule has 100 valence electrons. The first kappa shape index (κ1) is 14.7. The summed E-state index contributed by atoms with van der Waals surface area (Å²) in [4.78, 5) is 2.18. The number of anilines is 1. The first-order chi connectivity index (χ1) is 8.38. The molecule has 0 fully saturated rings. The molecule has 0 spiro atoms. The van der Waals surface area contributed by atoms with Crippen LogP contribution in [0.1, 0.15) is 37.9 Å². The number of halogens is 1. The molecule has 0 amide bonds. The van der Waals surface area contributed by atoms with E-state index in [2.05, 4.69) is 25.3 Å². The zero-order valence-electron chi connectivity index (χ0n) is 11.7. The molecule has 0 heterocycles. The summed E-state index contributed by atoms with van der Waals surface area (Å²) in [6.45, 7) is 12.4. The summed E-state index contributed by atoms with van der Waals surface area (Å²) in [5.41, 5.74) is 8.43. The van der Waals surface area contributed by atoms with Crippen molar-refractivity contribution in [2.75, 3.05) is 11.4 Å².